The molecule has 2 aliphatic rings. The largest absolute Gasteiger partial charge is 0.455 e. The van der Waals surface area contributed by atoms with Crippen LogP contribution in [0, 0.1) is 16.7 Å². The SMILES string of the molecule is CC[C@H](O)[C@@](C)(C(=O)[C@@H](C)O)[C@H]([C@H](OC(=O)c1ccccc1)[C@]1(O)C[C@H](OC(=O)[C@H](OC(=O)COC(=O)CCN)[C@@H](N)c2ccccc2)C(C)=CC1(C)C)[C@]1(OC(C)=O)CO1. The van der Waals surface area contributed by atoms with Gasteiger partial charge in [0.2, 0.25) is 11.9 Å². The van der Waals surface area contributed by atoms with Gasteiger partial charge in [0.15, 0.2) is 12.4 Å². The lowest BCUT2D eigenvalue weighted by molar-refractivity contribution is -0.239. The maximum Gasteiger partial charge on any atom is 0.350 e. The molecule has 334 valence electrons. The summed E-state index contributed by atoms with van der Waals surface area (Å²) in [4.78, 5) is 80.4. The molecular formula is C44H58N2O15. The van der Waals surface area contributed by atoms with E-state index in [0.29, 0.717) is 11.1 Å². The smallest absolute Gasteiger partial charge is 0.350 e. The second-order valence-corrected chi connectivity index (χ2v) is 16.3. The number of hydrogen-bond acceptors (Lipinski definition) is 17. The summed E-state index contributed by atoms with van der Waals surface area (Å²) < 4.78 is 34.3. The van der Waals surface area contributed by atoms with E-state index in [1.165, 1.54) is 26.0 Å². The maximum absolute atomic E-state index is 14.3. The zero-order chi connectivity index (χ0) is 45.5. The minimum absolute atomic E-state index is 0.0285. The van der Waals surface area contributed by atoms with Gasteiger partial charge in [0.05, 0.1) is 35.5 Å². The highest BCUT2D eigenvalue weighted by Crippen LogP contribution is 2.58. The average molecular weight is 855 g/mol. The van der Waals surface area contributed by atoms with Crippen molar-refractivity contribution in [3.05, 3.63) is 83.4 Å². The predicted octanol–water partition coefficient (Wildman–Crippen LogP) is 2.37. The van der Waals surface area contributed by atoms with Crippen LogP contribution in [0.1, 0.15) is 89.7 Å². The highest BCUT2D eigenvalue weighted by Gasteiger charge is 2.73. The molecule has 2 aromatic carbocycles. The van der Waals surface area contributed by atoms with Gasteiger partial charge in [-0.15, -0.1) is 0 Å². The maximum atomic E-state index is 14.3. The Morgan fingerprint density at radius 3 is 2.08 bits per heavy atom. The molecule has 1 aliphatic heterocycles. The molecule has 4 rings (SSSR count). The monoisotopic (exact) mass is 854 g/mol. The number of benzene rings is 2. The van der Waals surface area contributed by atoms with Crippen molar-refractivity contribution in [2.75, 3.05) is 19.8 Å². The van der Waals surface area contributed by atoms with Crippen LogP contribution in [0.15, 0.2) is 72.3 Å². The van der Waals surface area contributed by atoms with Gasteiger partial charge in [0.25, 0.3) is 0 Å². The van der Waals surface area contributed by atoms with Gasteiger partial charge in [-0.05, 0) is 50.5 Å². The third kappa shape index (κ3) is 10.7. The molecule has 0 saturated carbocycles. The molecule has 0 aromatic heterocycles. The van der Waals surface area contributed by atoms with Crippen LogP contribution in [0.3, 0.4) is 0 Å². The minimum Gasteiger partial charge on any atom is -0.455 e. The Morgan fingerprint density at radius 1 is 0.967 bits per heavy atom. The molecule has 1 heterocycles. The zero-order valence-corrected chi connectivity index (χ0v) is 35.5. The molecule has 10 atom stereocenters. The molecular weight excluding hydrogens is 796 g/mol. The van der Waals surface area contributed by atoms with E-state index >= 15 is 0 Å². The number of carbonyl (C=O) groups excluding carboxylic acids is 6. The number of aliphatic hydroxyl groups is 3. The molecule has 61 heavy (non-hydrogen) atoms. The number of hydrogen-bond donors (Lipinski definition) is 5. The van der Waals surface area contributed by atoms with Gasteiger partial charge in [0, 0.05) is 25.3 Å². The topological polar surface area (TPSA) is 274 Å². The van der Waals surface area contributed by atoms with Crippen molar-refractivity contribution in [2.24, 2.45) is 28.2 Å². The first-order valence-electron chi connectivity index (χ1n) is 20.1. The van der Waals surface area contributed by atoms with E-state index in [0.717, 1.165) is 6.92 Å². The summed E-state index contributed by atoms with van der Waals surface area (Å²) in [5, 5.41) is 36.0. The second-order valence-electron chi connectivity index (χ2n) is 16.3. The number of aliphatic hydroxyl groups excluding tert-OH is 2. The molecule has 17 heteroatoms. The standard InChI is InChI=1S/C44H58N2O15/c1-8-31(49)42(7,37(52)26(3)47)36(44(24-57-44)61-27(4)48)38(60-39(53)29-17-13-10-14-18-29)43(55)22-30(25(2)21-41(43,5)6)58-40(54)35(34(46)28-15-11-9-12-16-28)59-33(51)23-56-32(50)19-20-45/h9-18,21,26,30-31,34-36,38,47,49,55H,8,19-20,22-24,45-46H2,1-7H3/t26-,30+,31+,34+,35-,36+,38+,42-,43-,44-/m1/s1. The molecule has 0 amide bonds. The first-order valence-corrected chi connectivity index (χ1v) is 20.1. The van der Waals surface area contributed by atoms with E-state index in [1.54, 1.807) is 82.3 Å². The quantitative estimate of drug-likeness (QED) is 0.0553. The fourth-order valence-electron chi connectivity index (χ4n) is 8.16. The Morgan fingerprint density at radius 2 is 1.56 bits per heavy atom. The molecule has 0 bridgehead atoms. The van der Waals surface area contributed by atoms with Crippen molar-refractivity contribution in [1.82, 2.24) is 0 Å². The first-order chi connectivity index (χ1) is 28.6. The molecule has 0 unspecified atom stereocenters. The number of carbonyl (C=O) groups is 6. The van der Waals surface area contributed by atoms with Gasteiger partial charge < -0.3 is 55.2 Å². The van der Waals surface area contributed by atoms with E-state index in [9.17, 15) is 44.1 Å². The third-order valence-electron chi connectivity index (χ3n) is 11.5. The van der Waals surface area contributed by atoms with E-state index in [-0.39, 0.29) is 31.6 Å². The summed E-state index contributed by atoms with van der Waals surface area (Å²) in [5.41, 5.74) is 6.73. The molecule has 1 fully saturated rings. The molecule has 0 radical (unpaired) electrons. The number of Topliss-reactive ketones (excluding diaryl/α,β-unsaturated/α-hetero) is 1. The van der Waals surface area contributed by atoms with Crippen LogP contribution < -0.4 is 11.5 Å². The third-order valence-corrected chi connectivity index (χ3v) is 11.5. The van der Waals surface area contributed by atoms with Crippen molar-refractivity contribution in [1.29, 1.82) is 0 Å². The minimum atomic E-state index is -2.38. The summed E-state index contributed by atoms with van der Waals surface area (Å²) >= 11 is 0. The Bertz CT molecular complexity index is 1930. The van der Waals surface area contributed by atoms with Gasteiger partial charge >= 0.3 is 29.8 Å². The highest BCUT2D eigenvalue weighted by atomic mass is 16.8. The fraction of sp³-hybridized carbons (Fsp3) is 0.545. The van der Waals surface area contributed by atoms with Crippen molar-refractivity contribution >= 4 is 35.6 Å². The van der Waals surface area contributed by atoms with E-state index < -0.39 is 113 Å². The molecule has 7 N–H and O–H groups in total. The van der Waals surface area contributed by atoms with Gasteiger partial charge in [-0.25, -0.2) is 14.4 Å². The predicted molar refractivity (Wildman–Crippen MR) is 216 cm³/mol. The van der Waals surface area contributed by atoms with Gasteiger partial charge in [-0.3, -0.25) is 14.4 Å². The lowest BCUT2D eigenvalue weighted by Gasteiger charge is -2.55. The van der Waals surface area contributed by atoms with E-state index in [2.05, 4.69) is 0 Å². The summed E-state index contributed by atoms with van der Waals surface area (Å²) in [6, 6.07) is 14.6. The normalized spacial score (nSPS) is 24.5. The fourth-order valence-corrected chi connectivity index (χ4v) is 8.16. The highest BCUT2D eigenvalue weighted by molar-refractivity contribution is 5.91. The Kier molecular flexibility index (Phi) is 15.8. The van der Waals surface area contributed by atoms with E-state index in [4.69, 9.17) is 39.9 Å². The van der Waals surface area contributed by atoms with Crippen LogP contribution in [0.4, 0.5) is 0 Å². The first kappa shape index (κ1) is 48.6. The number of epoxide rings is 1. The number of rotatable bonds is 20. The molecule has 17 nitrogen and oxygen atoms in total. The lowest BCUT2D eigenvalue weighted by Crippen LogP contribution is -2.68. The molecule has 1 aliphatic carbocycles. The number of esters is 5. The molecule has 0 spiro atoms. The van der Waals surface area contributed by atoms with Crippen molar-refractivity contribution in [3.63, 3.8) is 0 Å². The van der Waals surface area contributed by atoms with Crippen LogP contribution in [-0.4, -0.2) is 113 Å². The number of ether oxygens (including phenoxy) is 6. The molecule has 2 aromatic rings. The summed E-state index contributed by atoms with van der Waals surface area (Å²) in [6.45, 7) is 8.73. The summed E-state index contributed by atoms with van der Waals surface area (Å²) in [5.74, 6) is -9.64. The van der Waals surface area contributed by atoms with Gasteiger partial charge in [0.1, 0.15) is 30.5 Å². The van der Waals surface area contributed by atoms with Crippen molar-refractivity contribution in [2.45, 2.75) is 116 Å². The van der Waals surface area contributed by atoms with Crippen LogP contribution in [0.2, 0.25) is 0 Å². The van der Waals surface area contributed by atoms with Crippen LogP contribution in [0.5, 0.6) is 0 Å². The Hall–Kier alpha value is -5.04. The second kappa shape index (κ2) is 19.8. The summed E-state index contributed by atoms with van der Waals surface area (Å²) in [6.07, 6.45) is -7.68. The average Bonchev–Trinajstić information content (AvgIpc) is 3.98. The van der Waals surface area contributed by atoms with Crippen LogP contribution in [-0.2, 0) is 52.4 Å². The Labute approximate surface area is 354 Å². The van der Waals surface area contributed by atoms with Crippen LogP contribution in [0.25, 0.3) is 0 Å². The van der Waals surface area contributed by atoms with E-state index in [1.807, 2.05) is 0 Å². The Balaban J connectivity index is 1.88. The molecule has 1 saturated heterocycles. The van der Waals surface area contributed by atoms with Crippen LogP contribution >= 0.6 is 0 Å². The van der Waals surface area contributed by atoms with Crippen molar-refractivity contribution in [3.8, 4) is 0 Å². The number of nitrogens with two attached hydrogens (primary N) is 2. The van der Waals surface area contributed by atoms with Gasteiger partial charge in [-0.2, -0.15) is 0 Å². The number of ketones is 1. The summed E-state index contributed by atoms with van der Waals surface area (Å²) in [7, 11) is 0. The van der Waals surface area contributed by atoms with Crippen molar-refractivity contribution < 1.29 is 72.5 Å². The zero-order valence-electron chi connectivity index (χ0n) is 35.5. The van der Waals surface area contributed by atoms with Gasteiger partial charge in [-0.1, -0.05) is 75.4 Å². The lowest BCUT2D eigenvalue weighted by atomic mass is 9.55.